The summed E-state index contributed by atoms with van der Waals surface area (Å²) < 4.78 is 38.3. The SMILES string of the molecule is CCOc1ccc(S(=O)(=O)N2CCN(C(=O)[C@@H](C)Oc3cccc(C)c3)CC2)cc1. The first-order chi connectivity index (χ1) is 14.3. The number of carbonyl (C=O) groups excluding carboxylic acids is 1. The highest BCUT2D eigenvalue weighted by molar-refractivity contribution is 7.89. The predicted molar refractivity (Wildman–Crippen MR) is 114 cm³/mol. The van der Waals surface area contributed by atoms with Gasteiger partial charge in [0.1, 0.15) is 11.5 Å². The molecule has 2 aromatic rings. The monoisotopic (exact) mass is 432 g/mol. The van der Waals surface area contributed by atoms with E-state index in [2.05, 4.69) is 0 Å². The molecule has 3 rings (SSSR count). The third-order valence-corrected chi connectivity index (χ3v) is 6.89. The second-order valence-electron chi connectivity index (χ2n) is 7.21. The molecule has 2 aromatic carbocycles. The van der Waals surface area contributed by atoms with Crippen LogP contribution in [0.2, 0.25) is 0 Å². The van der Waals surface area contributed by atoms with Crippen LogP contribution in [0, 0.1) is 6.92 Å². The van der Waals surface area contributed by atoms with E-state index in [-0.39, 0.29) is 23.9 Å². The average molecular weight is 433 g/mol. The van der Waals surface area contributed by atoms with Gasteiger partial charge in [-0.2, -0.15) is 4.31 Å². The smallest absolute Gasteiger partial charge is 0.263 e. The molecular weight excluding hydrogens is 404 g/mol. The Labute approximate surface area is 178 Å². The van der Waals surface area contributed by atoms with Gasteiger partial charge in [-0.1, -0.05) is 12.1 Å². The van der Waals surface area contributed by atoms with Crippen molar-refractivity contribution in [1.82, 2.24) is 9.21 Å². The Morgan fingerprint density at radius 2 is 1.70 bits per heavy atom. The molecule has 0 N–H and O–H groups in total. The zero-order chi connectivity index (χ0) is 21.7. The van der Waals surface area contributed by atoms with Crippen molar-refractivity contribution in [2.75, 3.05) is 32.8 Å². The minimum Gasteiger partial charge on any atom is -0.494 e. The van der Waals surface area contributed by atoms with Crippen LogP contribution in [0.3, 0.4) is 0 Å². The number of rotatable bonds is 7. The van der Waals surface area contributed by atoms with Crippen LogP contribution in [0.15, 0.2) is 53.4 Å². The number of ether oxygens (including phenoxy) is 2. The Morgan fingerprint density at radius 1 is 1.03 bits per heavy atom. The molecule has 0 spiro atoms. The topological polar surface area (TPSA) is 76.2 Å². The summed E-state index contributed by atoms with van der Waals surface area (Å²) in [6.45, 7) is 7.23. The van der Waals surface area contributed by atoms with Crippen molar-refractivity contribution in [2.24, 2.45) is 0 Å². The van der Waals surface area contributed by atoms with Gasteiger partial charge in [-0.15, -0.1) is 0 Å². The highest BCUT2D eigenvalue weighted by atomic mass is 32.2. The Morgan fingerprint density at radius 3 is 2.30 bits per heavy atom. The number of benzene rings is 2. The van der Waals surface area contributed by atoms with Crippen molar-refractivity contribution >= 4 is 15.9 Å². The zero-order valence-corrected chi connectivity index (χ0v) is 18.4. The highest BCUT2D eigenvalue weighted by Crippen LogP contribution is 2.21. The minimum absolute atomic E-state index is 0.144. The van der Waals surface area contributed by atoms with Crippen LogP contribution in [0.4, 0.5) is 0 Å². The van der Waals surface area contributed by atoms with E-state index in [1.54, 1.807) is 36.1 Å². The molecule has 0 radical (unpaired) electrons. The molecule has 0 aromatic heterocycles. The zero-order valence-electron chi connectivity index (χ0n) is 17.6. The minimum atomic E-state index is -3.61. The molecule has 1 heterocycles. The molecular formula is C22H28N2O5S. The van der Waals surface area contributed by atoms with Crippen molar-refractivity contribution in [3.63, 3.8) is 0 Å². The molecule has 30 heavy (non-hydrogen) atoms. The predicted octanol–water partition coefficient (Wildman–Crippen LogP) is 2.69. The molecule has 7 nitrogen and oxygen atoms in total. The summed E-state index contributed by atoms with van der Waals surface area (Å²) in [6, 6.07) is 13.9. The van der Waals surface area contributed by atoms with Crippen LogP contribution < -0.4 is 9.47 Å². The lowest BCUT2D eigenvalue weighted by Crippen LogP contribution is -2.53. The standard InChI is InChI=1S/C22H28N2O5S/c1-4-28-19-8-10-21(11-9-19)30(26,27)24-14-12-23(13-15-24)22(25)18(3)29-20-7-5-6-17(2)16-20/h5-11,16,18H,4,12-15H2,1-3H3/t18-/m1/s1. The quantitative estimate of drug-likeness (QED) is 0.672. The summed E-state index contributed by atoms with van der Waals surface area (Å²) in [5.41, 5.74) is 1.06. The van der Waals surface area contributed by atoms with Gasteiger partial charge in [0.2, 0.25) is 10.0 Å². The Balaban J connectivity index is 1.58. The van der Waals surface area contributed by atoms with Crippen LogP contribution in [0.25, 0.3) is 0 Å². The lowest BCUT2D eigenvalue weighted by molar-refractivity contribution is -0.139. The number of carbonyl (C=O) groups is 1. The number of nitrogens with zero attached hydrogens (tertiary/aromatic N) is 2. The van der Waals surface area contributed by atoms with Gasteiger partial charge in [0.15, 0.2) is 6.10 Å². The summed E-state index contributed by atoms with van der Waals surface area (Å²) >= 11 is 0. The summed E-state index contributed by atoms with van der Waals surface area (Å²) in [5, 5.41) is 0. The van der Waals surface area contributed by atoms with Crippen LogP contribution in [-0.4, -0.2) is 62.4 Å². The molecule has 1 aliphatic heterocycles. The van der Waals surface area contributed by atoms with Gasteiger partial charge < -0.3 is 14.4 Å². The van der Waals surface area contributed by atoms with Gasteiger partial charge in [-0.25, -0.2) is 8.42 Å². The van der Waals surface area contributed by atoms with Crippen LogP contribution in [0.5, 0.6) is 11.5 Å². The average Bonchev–Trinajstić information content (AvgIpc) is 2.74. The molecule has 0 bridgehead atoms. The maximum Gasteiger partial charge on any atom is 0.263 e. The van der Waals surface area contributed by atoms with E-state index in [0.717, 1.165) is 5.56 Å². The molecule has 0 unspecified atom stereocenters. The molecule has 0 aliphatic carbocycles. The Bertz CT molecular complexity index is 967. The van der Waals surface area contributed by atoms with Gasteiger partial charge in [-0.3, -0.25) is 4.79 Å². The van der Waals surface area contributed by atoms with Crippen LogP contribution in [-0.2, 0) is 14.8 Å². The second kappa shape index (κ2) is 9.49. The van der Waals surface area contributed by atoms with Gasteiger partial charge >= 0.3 is 0 Å². The number of amides is 1. The van der Waals surface area contributed by atoms with E-state index in [0.29, 0.717) is 31.2 Å². The first-order valence-electron chi connectivity index (χ1n) is 10.1. The summed E-state index contributed by atoms with van der Waals surface area (Å²) in [4.78, 5) is 14.6. The van der Waals surface area contributed by atoms with E-state index in [9.17, 15) is 13.2 Å². The van der Waals surface area contributed by atoms with Crippen LogP contribution >= 0.6 is 0 Å². The molecule has 1 atom stereocenters. The number of hydrogen-bond donors (Lipinski definition) is 0. The van der Waals surface area contributed by atoms with E-state index >= 15 is 0 Å². The first-order valence-corrected chi connectivity index (χ1v) is 11.5. The molecule has 162 valence electrons. The molecule has 1 fully saturated rings. The van der Waals surface area contributed by atoms with Crippen molar-refractivity contribution < 1.29 is 22.7 Å². The number of aryl methyl sites for hydroxylation is 1. The van der Waals surface area contributed by atoms with Gasteiger partial charge in [0.05, 0.1) is 11.5 Å². The summed E-state index contributed by atoms with van der Waals surface area (Å²) in [6.07, 6.45) is -0.638. The number of sulfonamides is 1. The molecule has 1 saturated heterocycles. The summed E-state index contributed by atoms with van der Waals surface area (Å²) in [5.74, 6) is 1.14. The fourth-order valence-corrected chi connectivity index (χ4v) is 4.79. The van der Waals surface area contributed by atoms with Crippen molar-refractivity contribution in [2.45, 2.75) is 31.8 Å². The van der Waals surface area contributed by atoms with E-state index in [1.807, 2.05) is 38.1 Å². The fourth-order valence-electron chi connectivity index (χ4n) is 3.37. The molecule has 1 amide bonds. The van der Waals surface area contributed by atoms with Crippen molar-refractivity contribution in [3.05, 3.63) is 54.1 Å². The third kappa shape index (κ3) is 5.12. The lowest BCUT2D eigenvalue weighted by atomic mass is 10.2. The van der Waals surface area contributed by atoms with Gasteiger partial charge in [0.25, 0.3) is 5.91 Å². The highest BCUT2D eigenvalue weighted by Gasteiger charge is 2.32. The van der Waals surface area contributed by atoms with Crippen molar-refractivity contribution in [3.8, 4) is 11.5 Å². The van der Waals surface area contributed by atoms with Crippen molar-refractivity contribution in [1.29, 1.82) is 0 Å². The maximum atomic E-state index is 12.9. The molecule has 0 saturated carbocycles. The number of hydrogen-bond acceptors (Lipinski definition) is 5. The Kier molecular flexibility index (Phi) is 6.99. The van der Waals surface area contributed by atoms with E-state index in [1.165, 1.54) is 4.31 Å². The molecule has 1 aliphatic rings. The lowest BCUT2D eigenvalue weighted by Gasteiger charge is -2.35. The third-order valence-electron chi connectivity index (χ3n) is 4.97. The maximum absolute atomic E-state index is 12.9. The van der Waals surface area contributed by atoms with E-state index < -0.39 is 16.1 Å². The summed E-state index contributed by atoms with van der Waals surface area (Å²) in [7, 11) is -3.61. The van der Waals surface area contributed by atoms with Crippen LogP contribution in [0.1, 0.15) is 19.4 Å². The van der Waals surface area contributed by atoms with Gasteiger partial charge in [0, 0.05) is 26.2 Å². The fraction of sp³-hybridized carbons (Fsp3) is 0.409. The first kappa shape index (κ1) is 22.1. The van der Waals surface area contributed by atoms with E-state index in [4.69, 9.17) is 9.47 Å². The molecule has 8 heteroatoms. The normalized spacial score (nSPS) is 16.2. The largest absolute Gasteiger partial charge is 0.494 e. The Hall–Kier alpha value is -2.58. The second-order valence-corrected chi connectivity index (χ2v) is 9.15. The van der Waals surface area contributed by atoms with Gasteiger partial charge in [-0.05, 0) is 62.7 Å². The number of piperazine rings is 1.